The minimum Gasteiger partial charge on any atom is -0.493 e. The maximum atomic E-state index is 12.8. The Labute approximate surface area is 215 Å². The van der Waals surface area contributed by atoms with E-state index in [1.54, 1.807) is 70.7 Å². The molecule has 2 aromatic carbocycles. The van der Waals surface area contributed by atoms with Crippen LogP contribution in [0.4, 0.5) is 0 Å². The lowest BCUT2D eigenvalue weighted by Crippen LogP contribution is -2.43. The number of ether oxygens (including phenoxy) is 4. The van der Waals surface area contributed by atoms with Gasteiger partial charge >= 0.3 is 5.97 Å². The second-order valence-corrected chi connectivity index (χ2v) is 10.5. The molecule has 0 aliphatic carbocycles. The normalized spacial score (nSPS) is 12.1. The molecule has 3 rings (SSSR count). The fourth-order valence-corrected chi connectivity index (χ4v) is 3.74. The van der Waals surface area contributed by atoms with Crippen molar-refractivity contribution in [2.24, 2.45) is 0 Å². The van der Waals surface area contributed by atoms with E-state index in [1.165, 1.54) is 20.3 Å². The smallest absolute Gasteiger partial charge is 0.350 e. The van der Waals surface area contributed by atoms with Gasteiger partial charge in [-0.05, 0) is 88.9 Å². The lowest BCUT2D eigenvalue weighted by molar-refractivity contribution is -0.171. The number of rotatable bonds is 9. The van der Waals surface area contributed by atoms with Crippen molar-refractivity contribution in [1.29, 1.82) is 0 Å². The number of hydrogen-bond donors (Lipinski definition) is 0. The van der Waals surface area contributed by atoms with E-state index in [9.17, 15) is 9.59 Å². The average molecular weight is 513 g/mol. The van der Waals surface area contributed by atoms with Gasteiger partial charge < -0.3 is 23.4 Å². The Morgan fingerprint density at radius 2 is 1.58 bits per heavy atom. The van der Waals surface area contributed by atoms with Crippen LogP contribution in [0, 0.1) is 0 Å². The number of benzene rings is 2. The molecule has 0 bridgehead atoms. The van der Waals surface area contributed by atoms with Crippen molar-refractivity contribution >= 4 is 40.6 Å². The molecule has 0 N–H and O–H groups in total. The number of ketones is 1. The Kier molecular flexibility index (Phi) is 8.09. The van der Waals surface area contributed by atoms with Gasteiger partial charge in [-0.25, -0.2) is 4.79 Å². The highest BCUT2D eigenvalue weighted by atomic mass is 32.2. The van der Waals surface area contributed by atoms with Gasteiger partial charge in [-0.2, -0.15) is 0 Å². The highest BCUT2D eigenvalue weighted by molar-refractivity contribution is 7.98. The molecule has 0 aliphatic heterocycles. The Morgan fingerprint density at radius 3 is 2.14 bits per heavy atom. The summed E-state index contributed by atoms with van der Waals surface area (Å²) in [4.78, 5) is 26.5. The fourth-order valence-electron chi connectivity index (χ4n) is 3.31. The second-order valence-electron chi connectivity index (χ2n) is 9.58. The van der Waals surface area contributed by atoms with Gasteiger partial charge in [0.15, 0.2) is 17.3 Å². The van der Waals surface area contributed by atoms with E-state index in [1.807, 2.05) is 24.5 Å². The maximum Gasteiger partial charge on any atom is 0.350 e. The van der Waals surface area contributed by atoms with Crippen LogP contribution in [-0.2, 0) is 9.53 Å². The molecule has 0 amide bonds. The minimum absolute atomic E-state index is 0.248. The van der Waals surface area contributed by atoms with Gasteiger partial charge in [0, 0.05) is 10.3 Å². The van der Waals surface area contributed by atoms with Crippen LogP contribution in [0.1, 0.15) is 50.7 Å². The SMILES string of the molecule is COc1cc(/C=C/C(=O)c2cc3ccc(SC)cc3o2)cc(OC)c1OC(C)(C)C(=O)OC(C)(C)C. The third-order valence-corrected chi connectivity index (χ3v) is 5.85. The summed E-state index contributed by atoms with van der Waals surface area (Å²) in [6.07, 6.45) is 5.04. The van der Waals surface area contributed by atoms with Gasteiger partial charge in [0.1, 0.15) is 11.2 Å². The number of thioether (sulfide) groups is 1. The molecule has 8 heteroatoms. The van der Waals surface area contributed by atoms with Crippen molar-refractivity contribution in [3.63, 3.8) is 0 Å². The number of fused-ring (bicyclic) bond motifs is 1. The zero-order valence-corrected chi connectivity index (χ0v) is 22.7. The lowest BCUT2D eigenvalue weighted by Gasteiger charge is -2.30. The van der Waals surface area contributed by atoms with Gasteiger partial charge in [-0.1, -0.05) is 6.08 Å². The fraction of sp³-hybridized carbons (Fsp3) is 0.357. The minimum atomic E-state index is -1.31. The van der Waals surface area contributed by atoms with Gasteiger partial charge in [-0.15, -0.1) is 11.8 Å². The first kappa shape index (κ1) is 27.2. The van der Waals surface area contributed by atoms with E-state index in [-0.39, 0.29) is 17.3 Å². The second kappa shape index (κ2) is 10.7. The highest BCUT2D eigenvalue weighted by Gasteiger charge is 2.36. The molecule has 36 heavy (non-hydrogen) atoms. The number of carbonyl (C=O) groups excluding carboxylic acids is 2. The van der Waals surface area contributed by atoms with E-state index in [0.29, 0.717) is 22.6 Å². The van der Waals surface area contributed by atoms with Gasteiger partial charge in [0.05, 0.1) is 14.2 Å². The van der Waals surface area contributed by atoms with Crippen LogP contribution in [0.25, 0.3) is 17.0 Å². The molecule has 0 fully saturated rings. The Hall–Kier alpha value is -3.39. The molecule has 3 aromatic rings. The predicted octanol–water partition coefficient (Wildman–Crippen LogP) is 6.57. The Morgan fingerprint density at radius 1 is 0.944 bits per heavy atom. The summed E-state index contributed by atoms with van der Waals surface area (Å²) in [7, 11) is 2.97. The summed E-state index contributed by atoms with van der Waals surface area (Å²) in [6.45, 7) is 8.59. The summed E-state index contributed by atoms with van der Waals surface area (Å²) in [5.41, 5.74) is -0.667. The van der Waals surface area contributed by atoms with Crippen LogP contribution < -0.4 is 14.2 Å². The first-order valence-corrected chi connectivity index (χ1v) is 12.6. The zero-order valence-electron chi connectivity index (χ0n) is 21.9. The molecule has 192 valence electrons. The van der Waals surface area contributed by atoms with Gasteiger partial charge in [0.25, 0.3) is 0 Å². The van der Waals surface area contributed by atoms with Crippen molar-refractivity contribution in [1.82, 2.24) is 0 Å². The number of methoxy groups -OCH3 is 2. The molecule has 0 aliphatic rings. The summed E-state index contributed by atoms with van der Waals surface area (Å²) >= 11 is 1.61. The maximum absolute atomic E-state index is 12.8. The van der Waals surface area contributed by atoms with E-state index in [2.05, 4.69) is 0 Å². The number of carbonyl (C=O) groups is 2. The van der Waals surface area contributed by atoms with Crippen LogP contribution in [-0.4, -0.2) is 43.4 Å². The van der Waals surface area contributed by atoms with Gasteiger partial charge in [0.2, 0.25) is 17.1 Å². The predicted molar refractivity (Wildman–Crippen MR) is 141 cm³/mol. The van der Waals surface area contributed by atoms with E-state index in [0.717, 1.165) is 10.3 Å². The first-order valence-electron chi connectivity index (χ1n) is 11.4. The highest BCUT2D eigenvalue weighted by Crippen LogP contribution is 2.41. The van der Waals surface area contributed by atoms with Crippen LogP contribution >= 0.6 is 11.8 Å². The quantitative estimate of drug-likeness (QED) is 0.138. The standard InChI is InChI=1S/C28H32O7S/c1-27(2,3)35-26(30)28(4,5)34-25-23(31-6)13-17(14-24(25)32-7)9-12-20(29)22-15-18-10-11-19(36-8)16-21(18)33-22/h9-16H,1-8H3/b12-9+. The zero-order chi connectivity index (χ0) is 26.7. The largest absolute Gasteiger partial charge is 0.493 e. The lowest BCUT2D eigenvalue weighted by atomic mass is 10.1. The Bertz CT molecular complexity index is 1270. The summed E-state index contributed by atoms with van der Waals surface area (Å²) in [6, 6.07) is 10.9. The molecule has 7 nitrogen and oxygen atoms in total. The van der Waals surface area contributed by atoms with Crippen molar-refractivity contribution in [2.45, 2.75) is 50.7 Å². The molecule has 0 atom stereocenters. The number of esters is 1. The van der Waals surface area contributed by atoms with Crippen molar-refractivity contribution in [3.05, 3.63) is 53.8 Å². The monoisotopic (exact) mass is 512 g/mol. The van der Waals surface area contributed by atoms with Crippen LogP contribution in [0.5, 0.6) is 17.2 Å². The molecule has 0 spiro atoms. The number of allylic oxidation sites excluding steroid dienone is 1. The first-order chi connectivity index (χ1) is 16.9. The van der Waals surface area contributed by atoms with Crippen LogP contribution in [0.3, 0.4) is 0 Å². The molecule has 1 aromatic heterocycles. The molecular weight excluding hydrogens is 480 g/mol. The molecule has 0 saturated carbocycles. The number of hydrogen-bond acceptors (Lipinski definition) is 8. The van der Waals surface area contributed by atoms with Crippen LogP contribution in [0.2, 0.25) is 0 Å². The topological polar surface area (TPSA) is 84.2 Å². The molecule has 0 saturated heterocycles. The summed E-state index contributed by atoms with van der Waals surface area (Å²) in [5.74, 6) is 0.377. The van der Waals surface area contributed by atoms with Crippen molar-refractivity contribution in [3.8, 4) is 17.2 Å². The molecular formula is C28H32O7S. The molecule has 0 radical (unpaired) electrons. The summed E-state index contributed by atoms with van der Waals surface area (Å²) < 4.78 is 28.3. The third kappa shape index (κ3) is 6.43. The van der Waals surface area contributed by atoms with Crippen LogP contribution in [0.15, 0.2) is 51.8 Å². The number of furan rings is 1. The third-order valence-electron chi connectivity index (χ3n) is 5.13. The molecule has 1 heterocycles. The van der Waals surface area contributed by atoms with E-state index >= 15 is 0 Å². The van der Waals surface area contributed by atoms with E-state index in [4.69, 9.17) is 23.4 Å². The Balaban J connectivity index is 1.86. The van der Waals surface area contributed by atoms with Crippen molar-refractivity contribution in [2.75, 3.05) is 20.5 Å². The van der Waals surface area contributed by atoms with Gasteiger partial charge in [-0.3, -0.25) is 4.79 Å². The van der Waals surface area contributed by atoms with Crippen molar-refractivity contribution < 1.29 is 33.0 Å². The molecule has 0 unspecified atom stereocenters. The summed E-state index contributed by atoms with van der Waals surface area (Å²) in [5, 5.41) is 0.863. The van der Waals surface area contributed by atoms with E-state index < -0.39 is 17.2 Å². The average Bonchev–Trinajstić information content (AvgIpc) is 3.25.